The fraction of sp³-hybridized carbons (Fsp3) is 0.333. The van der Waals surface area contributed by atoms with Gasteiger partial charge in [0.05, 0.1) is 30.9 Å². The minimum Gasteiger partial charge on any atom is -0.507 e. The van der Waals surface area contributed by atoms with Crippen LogP contribution in [0.4, 0.5) is 5.69 Å². The number of methoxy groups -OCH3 is 1. The van der Waals surface area contributed by atoms with E-state index in [-0.39, 0.29) is 34.2 Å². The van der Waals surface area contributed by atoms with Gasteiger partial charge in [-0.3, -0.25) is 14.5 Å². The lowest BCUT2D eigenvalue weighted by Crippen LogP contribution is -2.29. The van der Waals surface area contributed by atoms with E-state index in [0.717, 1.165) is 11.1 Å². The lowest BCUT2D eigenvalue weighted by atomic mass is 9.85. The fourth-order valence-corrected chi connectivity index (χ4v) is 4.91. The number of hydrogen-bond donors (Lipinski definition) is 2. The maximum Gasteiger partial charge on any atom is 0.300 e. The quantitative estimate of drug-likeness (QED) is 0.192. The Kier molecular flexibility index (Phi) is 7.96. The van der Waals surface area contributed by atoms with Crippen LogP contribution in [-0.4, -0.2) is 35.6 Å². The number of nitrogens with zero attached hydrogens (tertiary/aromatic N) is 1. The van der Waals surface area contributed by atoms with E-state index < -0.39 is 17.7 Å². The Hall–Kier alpha value is -4.26. The van der Waals surface area contributed by atoms with Crippen molar-refractivity contribution in [2.24, 2.45) is 0 Å². The largest absolute Gasteiger partial charge is 0.507 e. The summed E-state index contributed by atoms with van der Waals surface area (Å²) in [6.07, 6.45) is 0. The van der Waals surface area contributed by atoms with Gasteiger partial charge in [-0.2, -0.15) is 0 Å². The van der Waals surface area contributed by atoms with E-state index in [9.17, 15) is 19.8 Å². The molecule has 4 rings (SSSR count). The van der Waals surface area contributed by atoms with Crippen molar-refractivity contribution in [3.8, 4) is 17.2 Å². The van der Waals surface area contributed by atoms with Gasteiger partial charge in [-0.1, -0.05) is 58.9 Å². The molecule has 0 saturated carbocycles. The van der Waals surface area contributed by atoms with Crippen LogP contribution in [0.3, 0.4) is 0 Å². The van der Waals surface area contributed by atoms with Gasteiger partial charge in [-0.15, -0.1) is 0 Å². The highest BCUT2D eigenvalue weighted by molar-refractivity contribution is 6.51. The first kappa shape index (κ1) is 28.7. The van der Waals surface area contributed by atoms with Crippen molar-refractivity contribution in [2.45, 2.75) is 58.9 Å². The van der Waals surface area contributed by atoms with E-state index in [4.69, 9.17) is 9.47 Å². The van der Waals surface area contributed by atoms with E-state index in [0.29, 0.717) is 29.2 Å². The molecule has 1 atom stereocenters. The Morgan fingerprint density at radius 3 is 2.23 bits per heavy atom. The number of Topliss-reactive ketones (excluding diaryl/α,β-unsaturated/α-hetero) is 1. The molecule has 1 fully saturated rings. The number of rotatable bonds is 7. The number of ether oxygens (including phenoxy) is 2. The van der Waals surface area contributed by atoms with Crippen molar-refractivity contribution >= 4 is 23.1 Å². The first-order valence-corrected chi connectivity index (χ1v) is 13.4. The number of amides is 1. The Morgan fingerprint density at radius 2 is 1.65 bits per heavy atom. The van der Waals surface area contributed by atoms with E-state index in [2.05, 4.69) is 13.8 Å². The molecule has 0 aromatic heterocycles. The fourth-order valence-electron chi connectivity index (χ4n) is 4.91. The molecule has 7 nitrogen and oxygen atoms in total. The maximum atomic E-state index is 13.7. The zero-order chi connectivity index (χ0) is 29.4. The average molecular weight is 544 g/mol. The van der Waals surface area contributed by atoms with Crippen molar-refractivity contribution in [3.63, 3.8) is 0 Å². The van der Waals surface area contributed by atoms with E-state index in [1.807, 2.05) is 39.0 Å². The molecule has 0 bridgehead atoms. The number of ketones is 1. The number of phenols is 1. The number of carbonyl (C=O) groups is 2. The molecule has 1 heterocycles. The van der Waals surface area contributed by atoms with Gasteiger partial charge in [0.25, 0.3) is 11.7 Å². The first-order valence-electron chi connectivity index (χ1n) is 13.4. The Balaban J connectivity index is 2.00. The summed E-state index contributed by atoms with van der Waals surface area (Å²) in [5.74, 6) is -1.10. The molecule has 1 unspecified atom stereocenters. The molecule has 1 saturated heterocycles. The minimum atomic E-state index is -0.979. The Labute approximate surface area is 235 Å². The van der Waals surface area contributed by atoms with Crippen LogP contribution in [0.25, 0.3) is 5.76 Å². The number of benzene rings is 3. The zero-order valence-corrected chi connectivity index (χ0v) is 24.1. The normalized spacial score (nSPS) is 17.0. The van der Waals surface area contributed by atoms with Gasteiger partial charge in [0.1, 0.15) is 11.5 Å². The number of aliphatic hydroxyl groups is 1. The first-order chi connectivity index (χ1) is 18.9. The Morgan fingerprint density at radius 1 is 0.975 bits per heavy atom. The van der Waals surface area contributed by atoms with Gasteiger partial charge in [0.15, 0.2) is 11.5 Å². The summed E-state index contributed by atoms with van der Waals surface area (Å²) < 4.78 is 11.2. The number of anilines is 1. The van der Waals surface area contributed by atoms with Gasteiger partial charge in [-0.25, -0.2) is 0 Å². The van der Waals surface area contributed by atoms with Crippen LogP contribution < -0.4 is 14.4 Å². The molecule has 210 valence electrons. The predicted octanol–water partition coefficient (Wildman–Crippen LogP) is 6.85. The van der Waals surface area contributed by atoms with Gasteiger partial charge in [0, 0.05) is 5.69 Å². The van der Waals surface area contributed by atoms with E-state index in [1.165, 1.54) is 18.1 Å². The van der Waals surface area contributed by atoms with Crippen LogP contribution in [0.2, 0.25) is 0 Å². The molecule has 2 N–H and O–H groups in total. The average Bonchev–Trinajstić information content (AvgIpc) is 3.18. The molecule has 7 heteroatoms. The highest BCUT2D eigenvalue weighted by atomic mass is 16.5. The van der Waals surface area contributed by atoms with E-state index >= 15 is 0 Å². The number of aromatic hydroxyl groups is 1. The molecule has 1 aliphatic heterocycles. The number of carbonyl (C=O) groups excluding carboxylic acids is 2. The monoisotopic (exact) mass is 543 g/mol. The van der Waals surface area contributed by atoms with Crippen LogP contribution in [0.5, 0.6) is 17.2 Å². The zero-order valence-electron chi connectivity index (χ0n) is 24.1. The summed E-state index contributed by atoms with van der Waals surface area (Å²) in [4.78, 5) is 28.7. The number of phenolic OH excluding ortho intramolecular Hbond substituents is 1. The standard InChI is InChI=1S/C33H37NO6/c1-8-40-27-17-21(11-15-25(27)35)29-28(30(36)24-18-22(33(4,5)6)12-16-26(24)39-7)31(37)32(38)34(29)23-13-9-20(10-14-23)19(2)3/h9-19,29,35-36H,8H2,1-7H3/b30-28+. The van der Waals surface area contributed by atoms with Crippen LogP contribution in [0.15, 0.2) is 66.2 Å². The van der Waals surface area contributed by atoms with Gasteiger partial charge in [0.2, 0.25) is 0 Å². The second-order valence-corrected chi connectivity index (χ2v) is 11.2. The van der Waals surface area contributed by atoms with Crippen molar-refractivity contribution in [1.29, 1.82) is 0 Å². The number of aliphatic hydroxyl groups excluding tert-OH is 1. The van der Waals surface area contributed by atoms with Crippen molar-refractivity contribution in [2.75, 3.05) is 18.6 Å². The molecule has 1 aliphatic rings. The molecule has 0 spiro atoms. The second-order valence-electron chi connectivity index (χ2n) is 11.2. The summed E-state index contributed by atoms with van der Waals surface area (Å²) in [5, 5.41) is 22.1. The van der Waals surface area contributed by atoms with E-state index in [1.54, 1.807) is 43.3 Å². The third-order valence-corrected chi connectivity index (χ3v) is 7.20. The highest BCUT2D eigenvalue weighted by Crippen LogP contribution is 2.45. The van der Waals surface area contributed by atoms with Crippen LogP contribution in [-0.2, 0) is 15.0 Å². The van der Waals surface area contributed by atoms with Gasteiger partial charge >= 0.3 is 0 Å². The summed E-state index contributed by atoms with van der Waals surface area (Å²) in [7, 11) is 1.49. The maximum absolute atomic E-state index is 13.7. The van der Waals surface area contributed by atoms with Crippen molar-refractivity contribution in [3.05, 3.63) is 88.5 Å². The molecule has 0 radical (unpaired) electrons. The molecule has 0 aliphatic carbocycles. The summed E-state index contributed by atoms with van der Waals surface area (Å²) >= 11 is 0. The molecular weight excluding hydrogens is 506 g/mol. The number of hydrogen-bond acceptors (Lipinski definition) is 6. The smallest absolute Gasteiger partial charge is 0.300 e. The summed E-state index contributed by atoms with van der Waals surface area (Å²) in [6, 6.07) is 16.6. The molecular formula is C33H37NO6. The predicted molar refractivity (Wildman–Crippen MR) is 156 cm³/mol. The third-order valence-electron chi connectivity index (χ3n) is 7.20. The highest BCUT2D eigenvalue weighted by Gasteiger charge is 2.47. The molecule has 3 aromatic carbocycles. The van der Waals surface area contributed by atoms with Crippen molar-refractivity contribution < 1.29 is 29.3 Å². The third kappa shape index (κ3) is 5.28. The van der Waals surface area contributed by atoms with Gasteiger partial charge < -0.3 is 19.7 Å². The van der Waals surface area contributed by atoms with Crippen LogP contribution in [0, 0.1) is 0 Å². The molecule has 40 heavy (non-hydrogen) atoms. The lowest BCUT2D eigenvalue weighted by molar-refractivity contribution is -0.132. The lowest BCUT2D eigenvalue weighted by Gasteiger charge is -2.26. The van der Waals surface area contributed by atoms with Crippen molar-refractivity contribution in [1.82, 2.24) is 0 Å². The SMILES string of the molecule is CCOc1cc(C2/C(=C(\O)c3cc(C(C)(C)C)ccc3OC)C(=O)C(=O)N2c2ccc(C(C)C)cc2)ccc1O. The molecule has 1 amide bonds. The van der Waals surface area contributed by atoms with Crippen LogP contribution in [0.1, 0.15) is 75.8 Å². The summed E-state index contributed by atoms with van der Waals surface area (Å²) in [6.45, 7) is 12.4. The topological polar surface area (TPSA) is 96.3 Å². The molecule has 3 aromatic rings. The minimum absolute atomic E-state index is 0.0663. The van der Waals surface area contributed by atoms with Gasteiger partial charge in [-0.05, 0) is 71.3 Å². The Bertz CT molecular complexity index is 1460. The second kappa shape index (κ2) is 11.1. The summed E-state index contributed by atoms with van der Waals surface area (Å²) in [5.41, 5.74) is 3.02. The van der Waals surface area contributed by atoms with Crippen LogP contribution >= 0.6 is 0 Å².